The van der Waals surface area contributed by atoms with Crippen molar-refractivity contribution in [1.82, 2.24) is 0 Å². The minimum absolute atomic E-state index is 0.276. The third kappa shape index (κ3) is 3.24. The highest BCUT2D eigenvalue weighted by Crippen LogP contribution is 2.28. The molecule has 0 fully saturated rings. The van der Waals surface area contributed by atoms with E-state index in [-0.39, 0.29) is 6.04 Å². The van der Waals surface area contributed by atoms with Crippen LogP contribution in [0.5, 0.6) is 0 Å². The van der Waals surface area contributed by atoms with E-state index in [0.717, 1.165) is 16.1 Å². The minimum Gasteiger partial charge on any atom is -0.398 e. The van der Waals surface area contributed by atoms with Crippen molar-refractivity contribution in [2.24, 2.45) is 4.99 Å². The van der Waals surface area contributed by atoms with E-state index in [9.17, 15) is 0 Å². The number of hydrogen-bond donors (Lipinski definition) is 1. The van der Waals surface area contributed by atoms with Crippen molar-refractivity contribution in [1.29, 1.82) is 0 Å². The molecule has 1 aromatic carbocycles. The SMILES string of the molecule is CC(C)N=Cc1cc(C(C)C)c(Cl)cc1N. The lowest BCUT2D eigenvalue weighted by atomic mass is 10.00. The van der Waals surface area contributed by atoms with E-state index in [1.165, 1.54) is 0 Å². The molecule has 0 aliphatic rings. The summed E-state index contributed by atoms with van der Waals surface area (Å²) < 4.78 is 0. The zero-order valence-electron chi connectivity index (χ0n) is 10.3. The molecule has 0 spiro atoms. The smallest absolute Gasteiger partial charge is 0.0461 e. The molecule has 0 atom stereocenters. The lowest BCUT2D eigenvalue weighted by Gasteiger charge is -2.11. The Balaban J connectivity index is 3.15. The lowest BCUT2D eigenvalue weighted by molar-refractivity contribution is 0.840. The van der Waals surface area contributed by atoms with Crippen LogP contribution in [0.25, 0.3) is 0 Å². The third-order valence-electron chi connectivity index (χ3n) is 2.34. The Labute approximate surface area is 103 Å². The molecule has 0 heterocycles. The Bertz CT molecular complexity index is 395. The molecule has 1 aromatic rings. The fourth-order valence-corrected chi connectivity index (χ4v) is 1.80. The normalized spacial score (nSPS) is 11.9. The summed E-state index contributed by atoms with van der Waals surface area (Å²) in [4.78, 5) is 4.34. The predicted molar refractivity (Wildman–Crippen MR) is 72.7 cm³/mol. The molecule has 0 aliphatic heterocycles. The van der Waals surface area contributed by atoms with Gasteiger partial charge in [0.15, 0.2) is 0 Å². The number of nitrogens with zero attached hydrogens (tertiary/aromatic N) is 1. The van der Waals surface area contributed by atoms with Crippen molar-refractivity contribution in [2.45, 2.75) is 39.7 Å². The van der Waals surface area contributed by atoms with Gasteiger partial charge in [0, 0.05) is 28.5 Å². The monoisotopic (exact) mass is 238 g/mol. The van der Waals surface area contributed by atoms with Crippen molar-refractivity contribution in [3.05, 3.63) is 28.3 Å². The quantitative estimate of drug-likeness (QED) is 0.630. The first kappa shape index (κ1) is 13.0. The number of anilines is 1. The number of hydrogen-bond acceptors (Lipinski definition) is 2. The fraction of sp³-hybridized carbons (Fsp3) is 0.462. The van der Waals surface area contributed by atoms with Gasteiger partial charge in [0.1, 0.15) is 0 Å². The van der Waals surface area contributed by atoms with E-state index < -0.39 is 0 Å². The van der Waals surface area contributed by atoms with Crippen LogP contribution >= 0.6 is 11.6 Å². The molecule has 88 valence electrons. The fourth-order valence-electron chi connectivity index (χ4n) is 1.41. The van der Waals surface area contributed by atoms with Crippen LogP contribution in [-0.4, -0.2) is 12.3 Å². The van der Waals surface area contributed by atoms with Gasteiger partial charge in [-0.2, -0.15) is 0 Å². The number of rotatable bonds is 3. The van der Waals surface area contributed by atoms with Gasteiger partial charge in [-0.25, -0.2) is 0 Å². The van der Waals surface area contributed by atoms with Crippen LogP contribution < -0.4 is 5.73 Å². The predicted octanol–water partition coefficient (Wildman–Crippen LogP) is 3.87. The van der Waals surface area contributed by atoms with Gasteiger partial charge in [-0.1, -0.05) is 25.4 Å². The van der Waals surface area contributed by atoms with Crippen LogP contribution in [0.1, 0.15) is 44.7 Å². The molecule has 2 nitrogen and oxygen atoms in total. The molecule has 0 amide bonds. The molecule has 0 radical (unpaired) electrons. The molecule has 16 heavy (non-hydrogen) atoms. The molecule has 0 aliphatic carbocycles. The number of nitrogens with two attached hydrogens (primary N) is 1. The molecule has 0 aromatic heterocycles. The summed E-state index contributed by atoms with van der Waals surface area (Å²) in [6.07, 6.45) is 1.82. The molecule has 0 saturated carbocycles. The zero-order valence-corrected chi connectivity index (χ0v) is 11.0. The van der Waals surface area contributed by atoms with Gasteiger partial charge in [0.25, 0.3) is 0 Å². The van der Waals surface area contributed by atoms with E-state index >= 15 is 0 Å². The van der Waals surface area contributed by atoms with Crippen LogP contribution in [0.15, 0.2) is 17.1 Å². The van der Waals surface area contributed by atoms with Crippen LogP contribution in [0.3, 0.4) is 0 Å². The lowest BCUT2D eigenvalue weighted by Crippen LogP contribution is -1.99. The van der Waals surface area contributed by atoms with E-state index in [1.54, 1.807) is 6.07 Å². The van der Waals surface area contributed by atoms with Crippen LogP contribution in [0.4, 0.5) is 5.69 Å². The second-order valence-corrected chi connectivity index (χ2v) is 4.94. The van der Waals surface area contributed by atoms with E-state index in [2.05, 4.69) is 18.8 Å². The number of aliphatic imine (C=N–C) groups is 1. The summed E-state index contributed by atoms with van der Waals surface area (Å²) in [6, 6.07) is 4.10. The molecular formula is C13H19ClN2. The maximum atomic E-state index is 6.13. The van der Waals surface area contributed by atoms with Gasteiger partial charge in [-0.05, 0) is 37.5 Å². The average Bonchev–Trinajstić information content (AvgIpc) is 2.15. The second kappa shape index (κ2) is 5.35. The van der Waals surface area contributed by atoms with Gasteiger partial charge in [-0.15, -0.1) is 0 Å². The summed E-state index contributed by atoms with van der Waals surface area (Å²) >= 11 is 6.13. The van der Waals surface area contributed by atoms with Crippen LogP contribution in [0, 0.1) is 0 Å². The van der Waals surface area contributed by atoms with Gasteiger partial charge in [0.2, 0.25) is 0 Å². The molecule has 3 heteroatoms. The first-order chi connectivity index (χ1) is 7.41. The van der Waals surface area contributed by atoms with Gasteiger partial charge < -0.3 is 5.73 Å². The summed E-state index contributed by atoms with van der Waals surface area (Å²) in [7, 11) is 0. The highest BCUT2D eigenvalue weighted by atomic mass is 35.5. The van der Waals surface area contributed by atoms with Crippen molar-refractivity contribution in [2.75, 3.05) is 5.73 Å². The summed E-state index contributed by atoms with van der Waals surface area (Å²) in [5.74, 6) is 0.388. The van der Waals surface area contributed by atoms with Crippen molar-refractivity contribution >= 4 is 23.5 Å². The highest BCUT2D eigenvalue weighted by Gasteiger charge is 2.08. The topological polar surface area (TPSA) is 38.4 Å². The van der Waals surface area contributed by atoms with Crippen molar-refractivity contribution in [3.63, 3.8) is 0 Å². The van der Waals surface area contributed by atoms with E-state index in [1.807, 2.05) is 26.1 Å². The maximum absolute atomic E-state index is 6.13. The van der Waals surface area contributed by atoms with E-state index in [4.69, 9.17) is 17.3 Å². The standard InChI is InChI=1S/C13H19ClN2/c1-8(2)11-5-10(7-16-9(3)4)13(15)6-12(11)14/h5-9H,15H2,1-4H3. The largest absolute Gasteiger partial charge is 0.398 e. The first-order valence-corrected chi connectivity index (χ1v) is 5.91. The Morgan fingerprint density at radius 3 is 2.38 bits per heavy atom. The molecule has 0 saturated heterocycles. The van der Waals surface area contributed by atoms with Gasteiger partial charge in [-0.3, -0.25) is 4.99 Å². The minimum atomic E-state index is 0.276. The van der Waals surface area contributed by atoms with E-state index in [0.29, 0.717) is 11.6 Å². The summed E-state index contributed by atoms with van der Waals surface area (Å²) in [5, 5.41) is 0.731. The van der Waals surface area contributed by atoms with Crippen LogP contribution in [-0.2, 0) is 0 Å². The molecule has 2 N–H and O–H groups in total. The Kier molecular flexibility index (Phi) is 4.36. The number of halogens is 1. The Hall–Kier alpha value is -1.02. The van der Waals surface area contributed by atoms with Crippen molar-refractivity contribution < 1.29 is 0 Å². The Morgan fingerprint density at radius 1 is 1.25 bits per heavy atom. The first-order valence-electron chi connectivity index (χ1n) is 5.54. The maximum Gasteiger partial charge on any atom is 0.0461 e. The Morgan fingerprint density at radius 2 is 1.88 bits per heavy atom. The van der Waals surface area contributed by atoms with Gasteiger partial charge >= 0.3 is 0 Å². The molecular weight excluding hydrogens is 220 g/mol. The second-order valence-electron chi connectivity index (χ2n) is 4.53. The summed E-state index contributed by atoms with van der Waals surface area (Å²) in [6.45, 7) is 8.29. The van der Waals surface area contributed by atoms with Crippen LogP contribution in [0.2, 0.25) is 5.02 Å². The number of nitrogen functional groups attached to an aromatic ring is 1. The van der Waals surface area contributed by atoms with Crippen molar-refractivity contribution in [3.8, 4) is 0 Å². The molecule has 0 bridgehead atoms. The average molecular weight is 239 g/mol. The number of benzene rings is 1. The zero-order chi connectivity index (χ0) is 12.3. The summed E-state index contributed by atoms with van der Waals surface area (Å²) in [5.41, 5.74) is 8.64. The van der Waals surface area contributed by atoms with Gasteiger partial charge in [0.05, 0.1) is 0 Å². The highest BCUT2D eigenvalue weighted by molar-refractivity contribution is 6.31. The molecule has 0 unspecified atom stereocenters. The third-order valence-corrected chi connectivity index (χ3v) is 2.66. The molecule has 1 rings (SSSR count).